The molecule has 0 N–H and O–H groups in total. The molecule has 118 valence electrons. The Morgan fingerprint density at radius 3 is 2.52 bits per heavy atom. The van der Waals surface area contributed by atoms with Gasteiger partial charge in [0.1, 0.15) is 5.69 Å². The second-order valence-corrected chi connectivity index (χ2v) is 5.77. The van der Waals surface area contributed by atoms with Crippen LogP contribution in [0.25, 0.3) is 10.2 Å². The average Bonchev–Trinajstić information content (AvgIpc) is 2.96. The number of alkyl halides is 3. The molecule has 0 radical (unpaired) electrons. The second kappa shape index (κ2) is 5.62. The highest BCUT2D eigenvalue weighted by molar-refractivity contribution is 7.22. The molecule has 1 amide bonds. The first-order chi connectivity index (χ1) is 10.9. The maximum Gasteiger partial charge on any atom is 0.417 e. The standard InChI is InChI=1S/C15H10F3N3OS/c1-21(14-20-10-4-2-3-5-12(10)23-14)13(22)11-7-6-9(8-19-11)15(16,17)18/h2-8H,1H3. The van der Waals surface area contributed by atoms with Crippen LogP contribution in [0, 0.1) is 0 Å². The molecule has 1 aromatic carbocycles. The Balaban J connectivity index is 1.87. The lowest BCUT2D eigenvalue weighted by atomic mass is 10.2. The minimum absolute atomic E-state index is 0.0697. The zero-order chi connectivity index (χ0) is 16.6. The van der Waals surface area contributed by atoms with E-state index in [-0.39, 0.29) is 5.69 Å². The van der Waals surface area contributed by atoms with Crippen LogP contribution in [0.3, 0.4) is 0 Å². The first-order valence-corrected chi connectivity index (χ1v) is 7.35. The summed E-state index contributed by atoms with van der Waals surface area (Å²) in [6.07, 6.45) is -3.83. The number of aromatic nitrogens is 2. The van der Waals surface area contributed by atoms with Crippen molar-refractivity contribution >= 4 is 32.6 Å². The van der Waals surface area contributed by atoms with Gasteiger partial charge in [0.2, 0.25) is 0 Å². The van der Waals surface area contributed by atoms with Crippen molar-refractivity contribution in [2.75, 3.05) is 11.9 Å². The second-order valence-electron chi connectivity index (χ2n) is 4.76. The van der Waals surface area contributed by atoms with Gasteiger partial charge in [0.25, 0.3) is 5.91 Å². The van der Waals surface area contributed by atoms with Crippen molar-refractivity contribution in [3.8, 4) is 0 Å². The van der Waals surface area contributed by atoms with E-state index in [0.29, 0.717) is 11.3 Å². The number of hydrogen-bond acceptors (Lipinski definition) is 4. The van der Waals surface area contributed by atoms with Crippen molar-refractivity contribution in [3.05, 3.63) is 53.9 Å². The van der Waals surface area contributed by atoms with E-state index < -0.39 is 17.6 Å². The lowest BCUT2D eigenvalue weighted by Gasteiger charge is -2.13. The van der Waals surface area contributed by atoms with Crippen molar-refractivity contribution in [2.24, 2.45) is 0 Å². The lowest BCUT2D eigenvalue weighted by molar-refractivity contribution is -0.137. The maximum atomic E-state index is 12.5. The molecule has 0 atom stereocenters. The van der Waals surface area contributed by atoms with Gasteiger partial charge in [-0.15, -0.1) is 0 Å². The number of amides is 1. The van der Waals surface area contributed by atoms with Gasteiger partial charge in [-0.2, -0.15) is 13.2 Å². The molecule has 3 aromatic rings. The number of nitrogens with zero attached hydrogens (tertiary/aromatic N) is 3. The molecular formula is C15H10F3N3OS. The summed E-state index contributed by atoms with van der Waals surface area (Å²) in [6, 6.07) is 9.31. The van der Waals surface area contributed by atoms with Gasteiger partial charge in [-0.25, -0.2) is 4.98 Å². The quantitative estimate of drug-likeness (QED) is 0.710. The van der Waals surface area contributed by atoms with Crippen molar-refractivity contribution in [1.29, 1.82) is 0 Å². The zero-order valence-corrected chi connectivity index (χ0v) is 12.6. The molecule has 2 heterocycles. The zero-order valence-electron chi connectivity index (χ0n) is 11.8. The average molecular weight is 337 g/mol. The fourth-order valence-electron chi connectivity index (χ4n) is 1.95. The number of pyridine rings is 1. The number of carbonyl (C=O) groups is 1. The minimum Gasteiger partial charge on any atom is -0.286 e. The molecular weight excluding hydrogens is 327 g/mol. The number of benzene rings is 1. The van der Waals surface area contributed by atoms with Crippen LogP contribution in [-0.4, -0.2) is 22.9 Å². The number of fused-ring (bicyclic) bond motifs is 1. The van der Waals surface area contributed by atoms with E-state index in [2.05, 4.69) is 9.97 Å². The fourth-order valence-corrected chi connectivity index (χ4v) is 2.88. The topological polar surface area (TPSA) is 46.1 Å². The molecule has 23 heavy (non-hydrogen) atoms. The van der Waals surface area contributed by atoms with E-state index in [0.717, 1.165) is 22.3 Å². The summed E-state index contributed by atoms with van der Waals surface area (Å²) < 4.78 is 38.5. The largest absolute Gasteiger partial charge is 0.417 e. The molecule has 0 saturated carbocycles. The molecule has 3 rings (SSSR count). The van der Waals surface area contributed by atoms with Gasteiger partial charge >= 0.3 is 6.18 Å². The third-order valence-electron chi connectivity index (χ3n) is 3.18. The van der Waals surface area contributed by atoms with E-state index in [9.17, 15) is 18.0 Å². The Hall–Kier alpha value is -2.48. The van der Waals surface area contributed by atoms with Crippen LogP contribution in [0.15, 0.2) is 42.6 Å². The Kier molecular flexibility index (Phi) is 3.77. The smallest absolute Gasteiger partial charge is 0.286 e. The summed E-state index contributed by atoms with van der Waals surface area (Å²) >= 11 is 1.32. The highest BCUT2D eigenvalue weighted by atomic mass is 32.1. The number of anilines is 1. The summed E-state index contributed by atoms with van der Waals surface area (Å²) in [5, 5.41) is 0.456. The molecule has 8 heteroatoms. The van der Waals surface area contributed by atoms with Crippen LogP contribution in [0.5, 0.6) is 0 Å². The Bertz CT molecular complexity index is 825. The van der Waals surface area contributed by atoms with Gasteiger partial charge in [-0.3, -0.25) is 14.7 Å². The predicted molar refractivity (Wildman–Crippen MR) is 81.6 cm³/mol. The summed E-state index contributed by atoms with van der Waals surface area (Å²) in [6.45, 7) is 0. The maximum absolute atomic E-state index is 12.5. The molecule has 0 fully saturated rings. The Labute approximate surface area is 133 Å². The molecule has 0 aliphatic carbocycles. The Morgan fingerprint density at radius 1 is 1.17 bits per heavy atom. The van der Waals surface area contributed by atoms with Gasteiger partial charge in [0.05, 0.1) is 15.8 Å². The number of carbonyl (C=O) groups excluding carboxylic acids is 1. The predicted octanol–water partition coefficient (Wildman–Crippen LogP) is 3.99. The van der Waals surface area contributed by atoms with E-state index in [1.165, 1.54) is 23.3 Å². The summed E-state index contributed by atoms with van der Waals surface area (Å²) in [4.78, 5) is 21.6. The first kappa shape index (κ1) is 15.4. The number of halogens is 3. The highest BCUT2D eigenvalue weighted by Gasteiger charge is 2.31. The van der Waals surface area contributed by atoms with Gasteiger partial charge in [-0.05, 0) is 24.3 Å². The monoisotopic (exact) mass is 337 g/mol. The number of hydrogen-bond donors (Lipinski definition) is 0. The van der Waals surface area contributed by atoms with Crippen LogP contribution in [0.2, 0.25) is 0 Å². The lowest BCUT2D eigenvalue weighted by Crippen LogP contribution is -2.27. The molecule has 0 saturated heterocycles. The molecule has 0 bridgehead atoms. The molecule has 4 nitrogen and oxygen atoms in total. The van der Waals surface area contributed by atoms with Crippen LogP contribution in [0.4, 0.5) is 18.3 Å². The van der Waals surface area contributed by atoms with E-state index in [1.54, 1.807) is 0 Å². The van der Waals surface area contributed by atoms with Gasteiger partial charge in [0, 0.05) is 13.2 Å². The minimum atomic E-state index is -4.48. The molecule has 0 unspecified atom stereocenters. The SMILES string of the molecule is CN(C(=O)c1ccc(C(F)(F)F)cn1)c1nc2ccccc2s1. The first-order valence-electron chi connectivity index (χ1n) is 6.53. The van der Waals surface area contributed by atoms with Crippen LogP contribution in [-0.2, 0) is 6.18 Å². The van der Waals surface area contributed by atoms with Crippen LogP contribution in [0.1, 0.15) is 16.1 Å². The van der Waals surface area contributed by atoms with Crippen molar-refractivity contribution in [2.45, 2.75) is 6.18 Å². The van der Waals surface area contributed by atoms with E-state index >= 15 is 0 Å². The van der Waals surface area contributed by atoms with E-state index in [1.807, 2.05) is 24.3 Å². The normalized spacial score (nSPS) is 11.7. The van der Waals surface area contributed by atoms with Crippen molar-refractivity contribution < 1.29 is 18.0 Å². The molecule has 0 aliphatic rings. The summed E-state index contributed by atoms with van der Waals surface area (Å²) in [5.74, 6) is -0.516. The van der Waals surface area contributed by atoms with Crippen molar-refractivity contribution in [3.63, 3.8) is 0 Å². The number of thiazole rings is 1. The highest BCUT2D eigenvalue weighted by Crippen LogP contribution is 2.30. The number of para-hydroxylation sites is 1. The summed E-state index contributed by atoms with van der Waals surface area (Å²) in [5.41, 5.74) is -0.205. The van der Waals surface area contributed by atoms with Crippen molar-refractivity contribution in [1.82, 2.24) is 9.97 Å². The third kappa shape index (κ3) is 3.02. The van der Waals surface area contributed by atoms with Crippen LogP contribution >= 0.6 is 11.3 Å². The van der Waals surface area contributed by atoms with Gasteiger partial charge < -0.3 is 0 Å². The summed E-state index contributed by atoms with van der Waals surface area (Å²) in [7, 11) is 1.51. The molecule has 0 spiro atoms. The van der Waals surface area contributed by atoms with Crippen LogP contribution < -0.4 is 4.90 Å². The van der Waals surface area contributed by atoms with Gasteiger partial charge in [-0.1, -0.05) is 23.5 Å². The van der Waals surface area contributed by atoms with E-state index in [4.69, 9.17) is 0 Å². The molecule has 2 aromatic heterocycles. The fraction of sp³-hybridized carbons (Fsp3) is 0.133. The van der Waals surface area contributed by atoms with Gasteiger partial charge in [0.15, 0.2) is 5.13 Å². The Morgan fingerprint density at radius 2 is 1.91 bits per heavy atom. The number of rotatable bonds is 2. The molecule has 0 aliphatic heterocycles. The third-order valence-corrected chi connectivity index (χ3v) is 4.30.